The lowest BCUT2D eigenvalue weighted by atomic mass is 10.1. The number of rotatable bonds is 3. The van der Waals surface area contributed by atoms with Gasteiger partial charge in [-0.25, -0.2) is 9.67 Å². The standard InChI is InChI=1S/C21H15N5O/c27-17-5-1-3-16(12-17)19-8-9-20-21(23-19)26(25-24-20)13-14-6-7-18-15(11-14)4-2-10-22-18/h1-12,27H,13H2. The first-order valence-corrected chi connectivity index (χ1v) is 8.60. The van der Waals surface area contributed by atoms with Crippen LogP contribution >= 0.6 is 0 Å². The van der Waals surface area contributed by atoms with Gasteiger partial charge in [0.05, 0.1) is 17.8 Å². The van der Waals surface area contributed by atoms with Crippen LogP contribution in [0.25, 0.3) is 33.3 Å². The van der Waals surface area contributed by atoms with Crippen molar-refractivity contribution in [2.75, 3.05) is 0 Å². The third-order valence-electron chi connectivity index (χ3n) is 4.50. The molecule has 130 valence electrons. The second kappa shape index (κ2) is 6.17. The minimum absolute atomic E-state index is 0.214. The zero-order valence-electron chi connectivity index (χ0n) is 14.3. The van der Waals surface area contributed by atoms with E-state index in [1.807, 2.05) is 42.5 Å². The molecule has 5 rings (SSSR count). The summed E-state index contributed by atoms with van der Waals surface area (Å²) in [4.78, 5) is 9.07. The van der Waals surface area contributed by atoms with Crippen LogP contribution in [0.1, 0.15) is 5.56 Å². The highest BCUT2D eigenvalue weighted by Gasteiger charge is 2.10. The van der Waals surface area contributed by atoms with Gasteiger partial charge in [-0.05, 0) is 48.0 Å². The van der Waals surface area contributed by atoms with Crippen molar-refractivity contribution in [1.29, 1.82) is 0 Å². The Kier molecular flexibility index (Phi) is 3.53. The average molecular weight is 353 g/mol. The smallest absolute Gasteiger partial charge is 0.179 e. The van der Waals surface area contributed by atoms with Gasteiger partial charge in [-0.1, -0.05) is 29.5 Å². The number of fused-ring (bicyclic) bond motifs is 2. The van der Waals surface area contributed by atoms with Gasteiger partial charge in [-0.15, -0.1) is 5.10 Å². The van der Waals surface area contributed by atoms with Gasteiger partial charge >= 0.3 is 0 Å². The minimum atomic E-state index is 0.214. The number of pyridine rings is 2. The highest BCUT2D eigenvalue weighted by atomic mass is 16.3. The van der Waals surface area contributed by atoms with Crippen LogP contribution in [0.4, 0.5) is 0 Å². The third kappa shape index (κ3) is 2.87. The van der Waals surface area contributed by atoms with Gasteiger partial charge in [-0.3, -0.25) is 4.98 Å². The van der Waals surface area contributed by atoms with Crippen molar-refractivity contribution >= 4 is 22.1 Å². The molecular formula is C21H15N5O. The van der Waals surface area contributed by atoms with Crippen molar-refractivity contribution in [2.45, 2.75) is 6.54 Å². The Morgan fingerprint density at radius 3 is 2.74 bits per heavy atom. The van der Waals surface area contributed by atoms with Gasteiger partial charge in [0, 0.05) is 17.1 Å². The van der Waals surface area contributed by atoms with Gasteiger partial charge in [0.15, 0.2) is 5.65 Å². The number of benzene rings is 2. The van der Waals surface area contributed by atoms with E-state index in [-0.39, 0.29) is 5.75 Å². The number of hydrogen-bond donors (Lipinski definition) is 1. The summed E-state index contributed by atoms with van der Waals surface area (Å²) in [5.74, 6) is 0.214. The summed E-state index contributed by atoms with van der Waals surface area (Å²) in [6, 6.07) is 21.0. The first-order valence-electron chi connectivity index (χ1n) is 8.60. The largest absolute Gasteiger partial charge is 0.508 e. The third-order valence-corrected chi connectivity index (χ3v) is 4.50. The van der Waals surface area contributed by atoms with Crippen LogP contribution in [0.5, 0.6) is 5.75 Å². The normalized spacial score (nSPS) is 11.3. The molecule has 3 heterocycles. The molecule has 0 saturated carbocycles. The van der Waals surface area contributed by atoms with Gasteiger partial charge < -0.3 is 5.11 Å². The molecule has 0 saturated heterocycles. The summed E-state index contributed by atoms with van der Waals surface area (Å²) in [5, 5.41) is 19.3. The van der Waals surface area contributed by atoms with E-state index < -0.39 is 0 Å². The Bertz CT molecular complexity index is 1280. The molecule has 1 N–H and O–H groups in total. The molecular weight excluding hydrogens is 338 g/mol. The van der Waals surface area contributed by atoms with Crippen LogP contribution in [-0.4, -0.2) is 30.1 Å². The van der Waals surface area contributed by atoms with E-state index in [0.29, 0.717) is 12.2 Å². The van der Waals surface area contributed by atoms with E-state index in [4.69, 9.17) is 4.98 Å². The first-order chi connectivity index (χ1) is 13.3. The van der Waals surface area contributed by atoms with Crippen molar-refractivity contribution in [3.05, 3.63) is 78.5 Å². The zero-order valence-corrected chi connectivity index (χ0v) is 14.3. The Morgan fingerprint density at radius 2 is 1.81 bits per heavy atom. The molecule has 0 amide bonds. The molecule has 0 aliphatic rings. The molecule has 27 heavy (non-hydrogen) atoms. The quantitative estimate of drug-likeness (QED) is 0.534. The highest BCUT2D eigenvalue weighted by molar-refractivity contribution is 5.79. The number of aromatic nitrogens is 5. The fraction of sp³-hybridized carbons (Fsp3) is 0.0476. The average Bonchev–Trinajstić information content (AvgIpc) is 3.10. The zero-order chi connectivity index (χ0) is 18.2. The number of phenolic OH excluding ortho intramolecular Hbond substituents is 1. The Hall–Kier alpha value is -3.80. The Labute approximate surface area is 154 Å². The summed E-state index contributed by atoms with van der Waals surface area (Å²) >= 11 is 0. The molecule has 0 bridgehead atoms. The Morgan fingerprint density at radius 1 is 0.889 bits per heavy atom. The SMILES string of the molecule is Oc1cccc(-c2ccc3nnn(Cc4ccc5ncccc5c4)c3n2)c1. The van der Waals surface area contributed by atoms with E-state index in [9.17, 15) is 5.11 Å². The lowest BCUT2D eigenvalue weighted by Crippen LogP contribution is -2.03. The van der Waals surface area contributed by atoms with Crippen molar-refractivity contribution in [3.63, 3.8) is 0 Å². The predicted molar refractivity (Wildman–Crippen MR) is 103 cm³/mol. The van der Waals surface area contributed by atoms with Crippen LogP contribution in [-0.2, 0) is 6.54 Å². The summed E-state index contributed by atoms with van der Waals surface area (Å²) < 4.78 is 1.79. The topological polar surface area (TPSA) is 76.7 Å². The summed E-state index contributed by atoms with van der Waals surface area (Å²) in [7, 11) is 0. The van der Waals surface area contributed by atoms with E-state index in [1.165, 1.54) is 0 Å². The van der Waals surface area contributed by atoms with Crippen LogP contribution in [0.15, 0.2) is 72.9 Å². The molecule has 0 fully saturated rings. The van der Waals surface area contributed by atoms with Gasteiger partial charge in [0.2, 0.25) is 0 Å². The molecule has 0 aliphatic carbocycles. The molecule has 5 aromatic rings. The van der Waals surface area contributed by atoms with Crippen LogP contribution in [0.3, 0.4) is 0 Å². The number of phenols is 1. The molecule has 0 atom stereocenters. The predicted octanol–water partition coefficient (Wildman–Crippen LogP) is 3.80. The van der Waals surface area contributed by atoms with Gasteiger partial charge in [0.1, 0.15) is 11.3 Å². The second-order valence-electron chi connectivity index (χ2n) is 6.37. The highest BCUT2D eigenvalue weighted by Crippen LogP contribution is 2.23. The van der Waals surface area contributed by atoms with E-state index in [1.54, 1.807) is 29.1 Å². The van der Waals surface area contributed by atoms with Crippen LogP contribution in [0.2, 0.25) is 0 Å². The monoisotopic (exact) mass is 353 g/mol. The van der Waals surface area contributed by atoms with Crippen molar-refractivity contribution in [1.82, 2.24) is 25.0 Å². The Balaban J connectivity index is 1.55. The molecule has 3 aromatic heterocycles. The number of nitrogens with zero attached hydrogens (tertiary/aromatic N) is 5. The van der Waals surface area contributed by atoms with E-state index >= 15 is 0 Å². The molecule has 6 heteroatoms. The van der Waals surface area contributed by atoms with Crippen LogP contribution < -0.4 is 0 Å². The van der Waals surface area contributed by atoms with Crippen molar-refractivity contribution in [3.8, 4) is 17.0 Å². The number of hydrogen-bond acceptors (Lipinski definition) is 5. The molecule has 6 nitrogen and oxygen atoms in total. The van der Waals surface area contributed by atoms with Crippen molar-refractivity contribution in [2.24, 2.45) is 0 Å². The molecule has 0 unspecified atom stereocenters. The maximum atomic E-state index is 9.72. The second-order valence-corrected chi connectivity index (χ2v) is 6.37. The first kappa shape index (κ1) is 15.5. The van der Waals surface area contributed by atoms with Gasteiger partial charge in [0.25, 0.3) is 0 Å². The summed E-state index contributed by atoms with van der Waals surface area (Å²) in [6.45, 7) is 0.567. The fourth-order valence-corrected chi connectivity index (χ4v) is 3.18. The summed E-state index contributed by atoms with van der Waals surface area (Å²) in [5.41, 5.74) is 5.13. The van der Waals surface area contributed by atoms with Gasteiger partial charge in [-0.2, -0.15) is 0 Å². The maximum absolute atomic E-state index is 9.72. The molecule has 0 radical (unpaired) electrons. The van der Waals surface area contributed by atoms with E-state index in [2.05, 4.69) is 21.4 Å². The van der Waals surface area contributed by atoms with E-state index in [0.717, 1.165) is 33.2 Å². The summed E-state index contributed by atoms with van der Waals surface area (Å²) in [6.07, 6.45) is 1.79. The number of aromatic hydroxyl groups is 1. The molecule has 0 aliphatic heterocycles. The van der Waals surface area contributed by atoms with Crippen LogP contribution in [0, 0.1) is 0 Å². The maximum Gasteiger partial charge on any atom is 0.179 e. The van der Waals surface area contributed by atoms with Crippen molar-refractivity contribution < 1.29 is 5.11 Å². The minimum Gasteiger partial charge on any atom is -0.508 e. The molecule has 2 aromatic carbocycles. The lowest BCUT2D eigenvalue weighted by Gasteiger charge is -2.05. The fourth-order valence-electron chi connectivity index (χ4n) is 3.18. The molecule has 0 spiro atoms. The lowest BCUT2D eigenvalue weighted by molar-refractivity contribution is 0.475.